The third-order valence-electron chi connectivity index (χ3n) is 23.0. The number of halogens is 4. The number of carbonyl (C=O) groups excluding carboxylic acids is 8. The van der Waals surface area contributed by atoms with Crippen molar-refractivity contribution in [3.8, 4) is 57.1 Å². The summed E-state index contributed by atoms with van der Waals surface area (Å²) in [6, 6.07) is 10.3. The number of anilines is 1. The number of likely N-dealkylation sites (N-methyl/N-ethyl adjacent to an activating group) is 1. The summed E-state index contributed by atoms with van der Waals surface area (Å²) in [4.78, 5) is 133. The van der Waals surface area contributed by atoms with Crippen LogP contribution in [-0.2, 0) is 79.8 Å². The van der Waals surface area contributed by atoms with Gasteiger partial charge in [0.1, 0.15) is 120 Å². The number of primary amides is 1. The molecular formula is C87H97Cl4N11O29. The van der Waals surface area contributed by atoms with Gasteiger partial charge in [0.15, 0.2) is 30.1 Å². The van der Waals surface area contributed by atoms with Crippen molar-refractivity contribution >= 4 is 105 Å². The Bertz CT molecular complexity index is 5490. The summed E-state index contributed by atoms with van der Waals surface area (Å²) in [6.07, 6.45) is -29.6. The summed E-state index contributed by atoms with van der Waals surface area (Å²) in [6.45, 7) is 5.24. The standard InChI is InChI=1S/C87H97Cl4N11O29/c1-33(2)18-49(94-5)78(116)101-66-68(109)38-10-16-53(47(90)22-38)125-55-24-40-25-56(75(55)130-86-73(114)71(112)76(58(32-103)128-86)131-85-72(113)70(111)69(110)57(127-85)31-95-30-35-6-12-41(13-7-35)96-60(108)20-36-8-14-45(88)46(89)19-36)126-54-17-11-39(23-48(54)91)74(129-61-29-87(4,93)77(115)34(3)124-61)67-83(121)100-65(84(122)123)44-26-42(104)27-52(106)62(44)43-21-37(9-15-51(43)105)63(80(118)102-67)99-81(119)64(40)98-79(117)50(28-59(92)107)97-82(66)120/h6-17,19,21-27,33-34,49-50,57-58,61,63-74,76-77,85-86,94-95,103-106,109-115H,18,20,28-32,93H2,1-5H3,(H2,92,107)(H,96,108)(H,97,120)(H,98,117)(H,99,119)(H,100,121)(H,101,116)(H,102,118)(H,122,123)/t34-,49+,50-,57+,58+,61?,63+,64+,65+,66+,67-,68+,69-,70-,71+,72+,73+,74+,76+,77-,85-,86-,87-/m0/s1. The zero-order valence-electron chi connectivity index (χ0n) is 70.2. The molecule has 15 rings (SSSR count). The molecule has 40 nitrogen and oxygen atoms in total. The second kappa shape index (κ2) is 41.1. The number of ether oxygens (including phenoxy) is 8. The summed E-state index contributed by atoms with van der Waals surface area (Å²) >= 11 is 26.7. The number of carboxylic acid groups (broad SMARTS) is 1. The van der Waals surface area contributed by atoms with Crippen LogP contribution in [0.1, 0.15) is 116 Å². The molecule has 8 heterocycles. The predicted molar refractivity (Wildman–Crippen MR) is 462 cm³/mol. The number of aliphatic hydroxyl groups excluding tert-OH is 8. The molecule has 11 bridgehead atoms. The summed E-state index contributed by atoms with van der Waals surface area (Å²) in [5.41, 5.74) is 9.67. The number of nitrogens with two attached hydrogens (primary N) is 2. The van der Waals surface area contributed by atoms with Crippen molar-refractivity contribution in [3.05, 3.63) is 180 Å². The summed E-state index contributed by atoms with van der Waals surface area (Å²) < 4.78 is 51.2. The Balaban J connectivity index is 0.929. The van der Waals surface area contributed by atoms with Gasteiger partial charge in [-0.2, -0.15) is 0 Å². The first-order valence-electron chi connectivity index (χ1n) is 41.2. The number of phenolic OH excluding ortho intramolecular Hbond substituents is 3. The number of phenols is 3. The van der Waals surface area contributed by atoms with Crippen LogP contribution in [-0.4, -0.2) is 244 Å². The van der Waals surface area contributed by atoms with E-state index < -0.39 is 284 Å². The number of aromatic hydroxyl groups is 3. The van der Waals surface area contributed by atoms with E-state index >= 15 is 24.0 Å². The van der Waals surface area contributed by atoms with Crippen molar-refractivity contribution in [1.29, 1.82) is 0 Å². The Morgan fingerprint density at radius 2 is 1.24 bits per heavy atom. The largest absolute Gasteiger partial charge is 0.508 e. The predicted octanol–water partition coefficient (Wildman–Crippen LogP) is 2.22. The van der Waals surface area contributed by atoms with Gasteiger partial charge in [-0.05, 0) is 145 Å². The van der Waals surface area contributed by atoms with E-state index in [1.165, 1.54) is 33.0 Å². The van der Waals surface area contributed by atoms with E-state index in [4.69, 9.17) is 95.8 Å². The lowest BCUT2D eigenvalue weighted by molar-refractivity contribution is -0.350. The minimum atomic E-state index is -2.44. The van der Waals surface area contributed by atoms with Crippen LogP contribution in [0.3, 0.4) is 0 Å². The molecule has 8 aliphatic heterocycles. The maximum Gasteiger partial charge on any atom is 0.330 e. The first kappa shape index (κ1) is 97.6. The molecule has 0 radical (unpaired) electrons. The van der Waals surface area contributed by atoms with Gasteiger partial charge in [-0.1, -0.05) is 96.6 Å². The molecular weight excluding hydrogens is 1800 g/mol. The molecule has 702 valence electrons. The van der Waals surface area contributed by atoms with E-state index in [2.05, 4.69) is 47.9 Å². The quantitative estimate of drug-likeness (QED) is 0.0462. The van der Waals surface area contributed by atoms with Crippen molar-refractivity contribution in [2.24, 2.45) is 17.4 Å². The number of rotatable bonds is 22. The average Bonchev–Trinajstić information content (AvgIpc) is 0.765. The fourth-order valence-corrected chi connectivity index (χ4v) is 16.9. The molecule has 0 aromatic heterocycles. The fraction of sp³-hybridized carbons (Fsp3) is 0.414. The van der Waals surface area contributed by atoms with E-state index in [9.17, 15) is 80.5 Å². The maximum absolute atomic E-state index is 16.5. The van der Waals surface area contributed by atoms with E-state index in [1.807, 2.05) is 0 Å². The number of carbonyl (C=O) groups is 9. The highest BCUT2D eigenvalue weighted by molar-refractivity contribution is 6.42. The van der Waals surface area contributed by atoms with Gasteiger partial charge in [-0.3, -0.25) is 38.4 Å². The topological polar surface area (TPSA) is 631 Å². The number of aliphatic carboxylic acids is 1. The Morgan fingerprint density at radius 1 is 0.618 bits per heavy atom. The van der Waals surface area contributed by atoms with E-state index in [-0.39, 0.29) is 60.3 Å². The molecule has 0 spiro atoms. The molecule has 8 aliphatic rings. The van der Waals surface area contributed by atoms with Crippen LogP contribution >= 0.6 is 46.4 Å². The van der Waals surface area contributed by atoms with Crippen molar-refractivity contribution in [1.82, 2.24) is 42.5 Å². The van der Waals surface area contributed by atoms with Gasteiger partial charge in [0.2, 0.25) is 59.3 Å². The second-order valence-electron chi connectivity index (χ2n) is 33.1. The van der Waals surface area contributed by atoms with Gasteiger partial charge >= 0.3 is 5.97 Å². The van der Waals surface area contributed by atoms with E-state index in [0.717, 1.165) is 66.7 Å². The zero-order valence-corrected chi connectivity index (χ0v) is 73.3. The summed E-state index contributed by atoms with van der Waals surface area (Å²) in [7, 11) is 1.46. The normalized spacial score (nSPS) is 28.9. The Morgan fingerprint density at radius 3 is 1.88 bits per heavy atom. The molecule has 25 N–H and O–H groups in total. The molecule has 131 heavy (non-hydrogen) atoms. The number of hydrogen-bond donors (Lipinski definition) is 23. The Labute approximate surface area is 766 Å². The lowest BCUT2D eigenvalue weighted by atomic mass is 9.86. The number of aliphatic hydroxyl groups is 8. The number of fused-ring (bicyclic) bond motifs is 15. The highest BCUT2D eigenvalue weighted by Crippen LogP contribution is 2.51. The van der Waals surface area contributed by atoms with Gasteiger partial charge in [0.25, 0.3) is 0 Å². The fourth-order valence-electron chi connectivity index (χ4n) is 16.1. The monoisotopic (exact) mass is 1900 g/mol. The number of benzene rings is 7. The summed E-state index contributed by atoms with van der Waals surface area (Å²) in [5.74, 6) is -17.2. The smallest absolute Gasteiger partial charge is 0.330 e. The number of carboxylic acids is 1. The minimum Gasteiger partial charge on any atom is -0.508 e. The molecule has 0 saturated carbocycles. The van der Waals surface area contributed by atoms with Crippen LogP contribution in [0.25, 0.3) is 11.1 Å². The SMILES string of the molecule is CN[C@H](CC(C)C)C(=O)N[C@H]1C(=O)N[C@@H](CC(N)=O)C(=O)N[C@H]2C(=O)N[C@H]3C(=O)N[C@H](C(=O)N[C@@H](C(=O)O)c4cc(O)cc(O)c4-c4cc3ccc4O)[C@H](OC3C[C@](C)(N)[C@@H](O)[C@H](C)O3)c3ccc(c(Cl)c3)Oc3cc2cc(c3O[C@@H]2O[C@H](CO)[C@@H](O[C@@H]3O[C@H](CNCc4ccc(NC(=O)Cc5ccc(Cl)c(Cl)c5)cc4)[C@H](O)[C@H](O)[C@H]3O)[C@H](O)[C@H]2O)Oc2ccc(cc2Cl)[C@H]1O. The van der Waals surface area contributed by atoms with Crippen LogP contribution < -0.4 is 73.5 Å². The Hall–Kier alpha value is -10.9. The molecule has 23 atom stereocenters. The number of nitrogens with one attached hydrogen (secondary N) is 9. The van der Waals surface area contributed by atoms with Gasteiger partial charge in [0, 0.05) is 53.5 Å². The van der Waals surface area contributed by atoms with Gasteiger partial charge in [0.05, 0.1) is 57.8 Å². The number of hydrogen-bond acceptors (Lipinski definition) is 31. The number of amides is 8. The third kappa shape index (κ3) is 22.1. The van der Waals surface area contributed by atoms with Crippen LogP contribution in [0.15, 0.2) is 121 Å². The first-order chi connectivity index (χ1) is 62.1. The van der Waals surface area contributed by atoms with Gasteiger partial charge < -0.3 is 158 Å². The van der Waals surface area contributed by atoms with E-state index in [0.29, 0.717) is 21.8 Å². The zero-order chi connectivity index (χ0) is 94.8. The van der Waals surface area contributed by atoms with Gasteiger partial charge in [-0.25, -0.2) is 4.79 Å². The van der Waals surface area contributed by atoms with Gasteiger partial charge in [-0.15, -0.1) is 0 Å². The van der Waals surface area contributed by atoms with Crippen molar-refractivity contribution < 1.29 is 142 Å². The first-order valence-corrected chi connectivity index (χ1v) is 42.7. The minimum absolute atomic E-state index is 0.00499. The van der Waals surface area contributed by atoms with Crippen LogP contribution in [0.5, 0.6) is 46.0 Å². The molecule has 0 aliphatic carbocycles. The van der Waals surface area contributed by atoms with Crippen molar-refractivity contribution in [2.45, 2.75) is 200 Å². The van der Waals surface area contributed by atoms with Crippen LogP contribution in [0.2, 0.25) is 20.1 Å². The Kier molecular flexibility index (Phi) is 30.6. The summed E-state index contributed by atoms with van der Waals surface area (Å²) in [5, 5.41) is 163. The molecule has 44 heteroatoms. The molecule has 3 saturated heterocycles. The van der Waals surface area contributed by atoms with Crippen LogP contribution in [0, 0.1) is 5.92 Å². The second-order valence-corrected chi connectivity index (χ2v) is 34.8. The third-order valence-corrected chi connectivity index (χ3v) is 24.3. The van der Waals surface area contributed by atoms with Crippen molar-refractivity contribution in [3.63, 3.8) is 0 Å². The lowest BCUT2D eigenvalue weighted by Gasteiger charge is -2.46. The molecule has 1 unspecified atom stereocenters. The van der Waals surface area contributed by atoms with Crippen LogP contribution in [0.4, 0.5) is 5.69 Å². The highest BCUT2D eigenvalue weighted by atomic mass is 35.5. The molecule has 3 fully saturated rings. The highest BCUT2D eigenvalue weighted by Gasteiger charge is 2.53. The van der Waals surface area contributed by atoms with Crippen molar-refractivity contribution in [2.75, 3.05) is 25.5 Å². The molecule has 7 aromatic carbocycles. The maximum atomic E-state index is 16.5. The average molecular weight is 1900 g/mol. The molecule has 8 amide bonds. The van der Waals surface area contributed by atoms with E-state index in [1.54, 1.807) is 56.3 Å². The molecule has 7 aromatic rings. The lowest BCUT2D eigenvalue weighted by Crippen LogP contribution is -2.65.